The Labute approximate surface area is 198 Å². The fourth-order valence-corrected chi connectivity index (χ4v) is 3.65. The fourth-order valence-electron chi connectivity index (χ4n) is 3.65. The van der Waals surface area contributed by atoms with Crippen molar-refractivity contribution in [2.75, 3.05) is 0 Å². The molecule has 0 nitrogen and oxygen atoms in total. The van der Waals surface area contributed by atoms with Gasteiger partial charge >= 0.3 is 28.4 Å². The molecule has 0 radical (unpaired) electrons. The third-order valence-corrected chi connectivity index (χ3v) is 4.69. The number of hydrogen-bond donors (Lipinski definition) is 0. The zero-order valence-corrected chi connectivity index (χ0v) is 21.3. The van der Waals surface area contributed by atoms with Gasteiger partial charge < -0.3 is 24.8 Å². The average Bonchev–Trinajstić information content (AvgIpc) is 3.16. The van der Waals surface area contributed by atoms with Gasteiger partial charge in [-0.2, -0.15) is 41.5 Å². The van der Waals surface area contributed by atoms with E-state index in [1.165, 1.54) is 57.6 Å². The minimum Gasteiger partial charge on any atom is -1.00 e. The Morgan fingerprint density at radius 2 is 1.61 bits per heavy atom. The van der Waals surface area contributed by atoms with Crippen LogP contribution >= 0.6 is 0 Å². The molecule has 1 unspecified atom stereocenters. The predicted octanol–water partition coefficient (Wildman–Crippen LogP) is 0.389. The average molecular weight is 491 g/mol. The van der Waals surface area contributed by atoms with Gasteiger partial charge in [0.05, 0.1) is 0 Å². The van der Waals surface area contributed by atoms with Crippen LogP contribution in [0.4, 0.5) is 0 Å². The van der Waals surface area contributed by atoms with Crippen LogP contribution in [0.3, 0.4) is 0 Å². The van der Waals surface area contributed by atoms with Crippen LogP contribution in [0.2, 0.25) is 0 Å². The van der Waals surface area contributed by atoms with Gasteiger partial charge in [0.2, 0.25) is 0 Å². The second kappa shape index (κ2) is 12.1. The van der Waals surface area contributed by atoms with Crippen molar-refractivity contribution in [3.05, 3.63) is 83.0 Å². The Balaban J connectivity index is 0.000000455. The van der Waals surface area contributed by atoms with Crippen LogP contribution in [0.5, 0.6) is 0 Å². The van der Waals surface area contributed by atoms with Crippen LogP contribution in [0.25, 0.3) is 11.1 Å². The normalized spacial score (nSPS) is 15.8. The largest absolute Gasteiger partial charge is 1.00 e. The molecule has 0 spiro atoms. The summed E-state index contributed by atoms with van der Waals surface area (Å²) in [5, 5.41) is 0. The second-order valence-corrected chi connectivity index (χ2v) is 7.78. The van der Waals surface area contributed by atoms with Gasteiger partial charge in [-0.25, -0.2) is 5.57 Å². The molecule has 0 heterocycles. The van der Waals surface area contributed by atoms with Gasteiger partial charge in [0.25, 0.3) is 0 Å². The van der Waals surface area contributed by atoms with Crippen LogP contribution in [0.1, 0.15) is 45.7 Å². The first-order valence-electron chi connectivity index (χ1n) is 9.12. The quantitative estimate of drug-likeness (QED) is 0.400. The molecule has 148 valence electrons. The van der Waals surface area contributed by atoms with Crippen molar-refractivity contribution < 1.29 is 49.0 Å². The van der Waals surface area contributed by atoms with Crippen molar-refractivity contribution in [3.8, 4) is 11.1 Å². The van der Waals surface area contributed by atoms with Crippen molar-refractivity contribution in [1.82, 2.24) is 0 Å². The van der Waals surface area contributed by atoms with Crippen LogP contribution in [-0.4, -0.2) is 4.21 Å². The number of hydrogen-bond acceptors (Lipinski definition) is 0. The molecule has 2 aromatic carbocycles. The second-order valence-electron chi connectivity index (χ2n) is 7.78. The van der Waals surface area contributed by atoms with E-state index >= 15 is 0 Å². The van der Waals surface area contributed by atoms with E-state index in [4.69, 9.17) is 0 Å². The van der Waals surface area contributed by atoms with E-state index in [1.54, 1.807) is 0 Å². The standard InChI is InChI=1S/C13H9.C11H17.CH2.2ClH.Zr/c1-3-7-12-10(5-1)9-11-6-2-4-8-13(11)12;1-8-6-9(2)10(7-8)11(3,4)5;;;;/h1-5,7-8H,9H2;7-8H,1-5H3;1H2;2*1H;/q2*-1;;;;+2/p-2. The number of fused-ring (bicyclic) bond motifs is 3. The molecular weight excluding hydrogens is 462 g/mol. The molecule has 2 aliphatic carbocycles. The van der Waals surface area contributed by atoms with E-state index in [0.717, 1.165) is 6.42 Å². The minimum atomic E-state index is 0. The summed E-state index contributed by atoms with van der Waals surface area (Å²) in [7, 11) is 0. The van der Waals surface area contributed by atoms with E-state index < -0.39 is 0 Å². The van der Waals surface area contributed by atoms with Crippen LogP contribution < -0.4 is 24.8 Å². The number of benzene rings is 2. The monoisotopic (exact) mass is 488 g/mol. The summed E-state index contributed by atoms with van der Waals surface area (Å²) in [6.45, 7) is 11.1. The van der Waals surface area contributed by atoms with Crippen molar-refractivity contribution >= 4 is 4.21 Å². The summed E-state index contributed by atoms with van der Waals surface area (Å²) in [6.07, 6.45) is 6.76. The summed E-state index contributed by atoms with van der Waals surface area (Å²) in [6, 6.07) is 18.1. The molecule has 2 aromatic rings. The van der Waals surface area contributed by atoms with E-state index in [-0.39, 0.29) is 24.8 Å². The van der Waals surface area contributed by atoms with Gasteiger partial charge in [-0.15, -0.1) is 5.56 Å². The van der Waals surface area contributed by atoms with E-state index in [2.05, 4.69) is 93.4 Å². The van der Waals surface area contributed by atoms with Crippen molar-refractivity contribution in [1.29, 1.82) is 0 Å². The molecule has 0 aliphatic heterocycles. The fraction of sp³-hybridized carbons (Fsp3) is 0.320. The Morgan fingerprint density at radius 1 is 1.00 bits per heavy atom. The van der Waals surface area contributed by atoms with Crippen LogP contribution in [0, 0.1) is 23.5 Å². The van der Waals surface area contributed by atoms with Crippen molar-refractivity contribution in [2.45, 2.75) is 41.0 Å². The summed E-state index contributed by atoms with van der Waals surface area (Å²) >= 11 is 1.30. The number of allylic oxidation sites excluding steroid dienone is 4. The van der Waals surface area contributed by atoms with Gasteiger partial charge in [-0.1, -0.05) is 81.3 Å². The molecule has 0 fully saturated rings. The maximum Gasteiger partial charge on any atom is -0.0253 e. The summed E-state index contributed by atoms with van der Waals surface area (Å²) in [4.78, 5) is 0. The first-order chi connectivity index (χ1) is 12.4. The minimum absolute atomic E-state index is 0. The van der Waals surface area contributed by atoms with Gasteiger partial charge in [0.1, 0.15) is 0 Å². The molecule has 4 rings (SSSR count). The van der Waals surface area contributed by atoms with Gasteiger partial charge in [-0.05, 0) is 6.42 Å². The zero-order valence-electron chi connectivity index (χ0n) is 17.4. The Bertz CT molecular complexity index is 785. The molecular formula is C25H28Cl2Zr-2. The summed E-state index contributed by atoms with van der Waals surface area (Å²) < 4.78 is 3.34. The molecule has 0 amide bonds. The molecule has 28 heavy (non-hydrogen) atoms. The molecule has 0 bridgehead atoms. The molecule has 2 aliphatic rings. The Kier molecular flexibility index (Phi) is 11.7. The van der Waals surface area contributed by atoms with Crippen molar-refractivity contribution in [3.63, 3.8) is 0 Å². The topological polar surface area (TPSA) is 0 Å². The molecule has 1 atom stereocenters. The third kappa shape index (κ3) is 6.65. The molecule has 0 saturated heterocycles. The maximum absolute atomic E-state index is 3.40. The summed E-state index contributed by atoms with van der Waals surface area (Å²) in [5.41, 5.74) is 8.60. The predicted molar refractivity (Wildman–Crippen MR) is 110 cm³/mol. The Morgan fingerprint density at radius 3 is 2.14 bits per heavy atom. The zero-order chi connectivity index (χ0) is 19.3. The number of halogens is 2. The first kappa shape index (κ1) is 27.3. The van der Waals surface area contributed by atoms with Crippen LogP contribution in [-0.2, 0) is 30.7 Å². The molecule has 3 heteroatoms. The summed E-state index contributed by atoms with van der Waals surface area (Å²) in [5.74, 6) is 0.518. The van der Waals surface area contributed by atoms with Gasteiger partial charge in [-0.3, -0.25) is 6.08 Å². The molecule has 0 N–H and O–H groups in total. The SMILES string of the molecule is CC1=[C-]C(C)C=C1C(C)(C)C.[CH2]=[Zr+2].[Cl-].[Cl-].[c-]1cccc2c1Cc1ccccc1-2. The van der Waals surface area contributed by atoms with Crippen molar-refractivity contribution in [2.24, 2.45) is 11.3 Å². The van der Waals surface area contributed by atoms with E-state index in [0.29, 0.717) is 11.3 Å². The van der Waals surface area contributed by atoms with E-state index in [9.17, 15) is 0 Å². The maximum atomic E-state index is 3.40. The smallest absolute Gasteiger partial charge is 0.0253 e. The van der Waals surface area contributed by atoms with Gasteiger partial charge in [0, 0.05) is 0 Å². The number of rotatable bonds is 0. The molecule has 0 aromatic heterocycles. The first-order valence-corrected chi connectivity index (χ1v) is 10.9. The van der Waals surface area contributed by atoms with Gasteiger partial charge in [0.15, 0.2) is 0 Å². The van der Waals surface area contributed by atoms with E-state index in [1.807, 2.05) is 6.07 Å². The third-order valence-electron chi connectivity index (χ3n) is 4.69. The Hall–Kier alpha value is -0.747. The van der Waals surface area contributed by atoms with Crippen LogP contribution in [0.15, 0.2) is 59.7 Å². The molecule has 0 saturated carbocycles.